The van der Waals surface area contributed by atoms with E-state index in [1.807, 2.05) is 0 Å². The fourth-order valence-corrected chi connectivity index (χ4v) is 3.46. The first-order valence-electron chi connectivity index (χ1n) is 3.00. The minimum atomic E-state index is -0.871. The number of alkyl halides is 3. The van der Waals surface area contributed by atoms with Crippen LogP contribution in [-0.4, -0.2) is 31.8 Å². The van der Waals surface area contributed by atoms with Crippen molar-refractivity contribution in [1.29, 1.82) is 0 Å². The molecule has 0 bridgehead atoms. The molecular formula is C6H3Br3O3. The number of carbonyl (C=O) groups is 3. The van der Waals surface area contributed by atoms with Crippen LogP contribution >= 0.6 is 47.8 Å². The zero-order valence-electron chi connectivity index (χ0n) is 5.59. The quantitative estimate of drug-likeness (QED) is 0.477. The van der Waals surface area contributed by atoms with E-state index in [1.165, 1.54) is 0 Å². The Morgan fingerprint density at radius 1 is 0.667 bits per heavy atom. The standard InChI is InChI=1S/C6H3Br3O3/c7-1-4(10)2(8)6(12)3(9)5(1)11/h1-3H. The van der Waals surface area contributed by atoms with Crippen LogP contribution in [0.25, 0.3) is 0 Å². The molecule has 0 aromatic heterocycles. The molecule has 0 amide bonds. The van der Waals surface area contributed by atoms with Crippen molar-refractivity contribution in [3.05, 3.63) is 0 Å². The molecule has 12 heavy (non-hydrogen) atoms. The molecule has 1 aliphatic rings. The van der Waals surface area contributed by atoms with Gasteiger partial charge in [0.25, 0.3) is 0 Å². The average Bonchev–Trinajstić information content (AvgIpc) is 2.08. The summed E-state index contributed by atoms with van der Waals surface area (Å²) in [6.45, 7) is 0. The van der Waals surface area contributed by atoms with Crippen LogP contribution in [0.3, 0.4) is 0 Å². The molecule has 1 aliphatic carbocycles. The number of halogens is 3. The highest BCUT2D eigenvalue weighted by Crippen LogP contribution is 2.25. The summed E-state index contributed by atoms with van der Waals surface area (Å²) in [5.74, 6) is -1.29. The maximum atomic E-state index is 11.1. The molecule has 66 valence electrons. The van der Waals surface area contributed by atoms with Gasteiger partial charge in [-0.25, -0.2) is 0 Å². The van der Waals surface area contributed by atoms with Crippen molar-refractivity contribution in [2.24, 2.45) is 0 Å². The molecule has 1 fully saturated rings. The fraction of sp³-hybridized carbons (Fsp3) is 0.500. The average molecular weight is 363 g/mol. The molecular weight excluding hydrogens is 360 g/mol. The number of ketones is 3. The molecule has 0 spiro atoms. The van der Waals surface area contributed by atoms with Gasteiger partial charge in [-0.2, -0.15) is 0 Å². The summed E-state index contributed by atoms with van der Waals surface area (Å²) in [4.78, 5) is 30.8. The van der Waals surface area contributed by atoms with Gasteiger partial charge in [-0.15, -0.1) is 0 Å². The minimum absolute atomic E-state index is 0.430. The van der Waals surface area contributed by atoms with Crippen molar-refractivity contribution in [1.82, 2.24) is 0 Å². The van der Waals surface area contributed by atoms with Crippen LogP contribution < -0.4 is 0 Å². The third kappa shape index (κ3) is 1.56. The molecule has 0 atom stereocenters. The van der Waals surface area contributed by atoms with Crippen LogP contribution in [-0.2, 0) is 14.4 Å². The third-order valence-electron chi connectivity index (χ3n) is 1.50. The molecule has 0 N–H and O–H groups in total. The van der Waals surface area contributed by atoms with E-state index in [0.717, 1.165) is 0 Å². The largest absolute Gasteiger partial charge is 0.296 e. The predicted octanol–water partition coefficient (Wildman–Crippen LogP) is 0.998. The number of carbonyl (C=O) groups excluding carboxylic acids is 3. The van der Waals surface area contributed by atoms with Crippen LogP contribution in [0.1, 0.15) is 0 Å². The second-order valence-corrected chi connectivity index (χ2v) is 5.04. The van der Waals surface area contributed by atoms with Crippen molar-refractivity contribution in [2.75, 3.05) is 0 Å². The Morgan fingerprint density at radius 2 is 0.833 bits per heavy atom. The lowest BCUT2D eigenvalue weighted by atomic mass is 9.96. The van der Waals surface area contributed by atoms with Crippen LogP contribution in [0.4, 0.5) is 0 Å². The lowest BCUT2D eigenvalue weighted by Gasteiger charge is -2.21. The highest BCUT2D eigenvalue weighted by Gasteiger charge is 2.45. The van der Waals surface area contributed by atoms with Crippen molar-refractivity contribution in [3.8, 4) is 0 Å². The second-order valence-electron chi connectivity index (χ2n) is 2.29. The lowest BCUT2D eigenvalue weighted by Crippen LogP contribution is -2.50. The van der Waals surface area contributed by atoms with Crippen LogP contribution in [0.2, 0.25) is 0 Å². The maximum absolute atomic E-state index is 11.1. The summed E-state index contributed by atoms with van der Waals surface area (Å²) in [6, 6.07) is 0. The van der Waals surface area contributed by atoms with Gasteiger partial charge in [-0.05, 0) is 0 Å². The van der Waals surface area contributed by atoms with Gasteiger partial charge in [0.2, 0.25) is 0 Å². The van der Waals surface area contributed by atoms with Gasteiger partial charge in [0.15, 0.2) is 17.3 Å². The van der Waals surface area contributed by atoms with Gasteiger partial charge in [0, 0.05) is 0 Å². The lowest BCUT2D eigenvalue weighted by molar-refractivity contribution is -0.134. The van der Waals surface area contributed by atoms with E-state index in [-0.39, 0.29) is 0 Å². The van der Waals surface area contributed by atoms with Gasteiger partial charge in [-0.3, -0.25) is 14.4 Å². The van der Waals surface area contributed by atoms with E-state index >= 15 is 0 Å². The molecule has 0 radical (unpaired) electrons. The van der Waals surface area contributed by atoms with Crippen molar-refractivity contribution < 1.29 is 14.4 Å². The van der Waals surface area contributed by atoms with E-state index in [2.05, 4.69) is 47.8 Å². The number of hydrogen-bond acceptors (Lipinski definition) is 3. The second kappa shape index (κ2) is 3.67. The summed E-state index contributed by atoms with van der Waals surface area (Å²) in [6.07, 6.45) is 0. The minimum Gasteiger partial charge on any atom is -0.296 e. The molecule has 0 heterocycles. The summed E-state index contributed by atoms with van der Waals surface area (Å²) in [5, 5.41) is 0. The van der Waals surface area contributed by atoms with E-state index in [4.69, 9.17) is 0 Å². The Morgan fingerprint density at radius 3 is 1.00 bits per heavy atom. The topological polar surface area (TPSA) is 51.2 Å². The Hall–Kier alpha value is 0.450. The Bertz CT molecular complexity index is 202. The molecule has 0 aliphatic heterocycles. The van der Waals surface area contributed by atoms with Crippen molar-refractivity contribution in [2.45, 2.75) is 14.5 Å². The van der Waals surface area contributed by atoms with E-state index in [9.17, 15) is 14.4 Å². The molecule has 6 heteroatoms. The number of rotatable bonds is 0. The molecule has 1 saturated carbocycles. The van der Waals surface area contributed by atoms with E-state index in [0.29, 0.717) is 0 Å². The predicted molar refractivity (Wildman–Crippen MR) is 53.2 cm³/mol. The van der Waals surface area contributed by atoms with Crippen LogP contribution in [0.5, 0.6) is 0 Å². The molecule has 0 aromatic rings. The van der Waals surface area contributed by atoms with Gasteiger partial charge < -0.3 is 0 Å². The van der Waals surface area contributed by atoms with Gasteiger partial charge >= 0.3 is 0 Å². The fourth-order valence-electron chi connectivity index (χ4n) is 0.806. The first-order valence-corrected chi connectivity index (χ1v) is 5.75. The number of hydrogen-bond donors (Lipinski definition) is 0. The first-order chi connectivity index (χ1) is 5.46. The highest BCUT2D eigenvalue weighted by molar-refractivity contribution is 9.12. The summed E-state index contributed by atoms with van der Waals surface area (Å²) in [7, 11) is 0. The zero-order valence-corrected chi connectivity index (χ0v) is 10.3. The Kier molecular flexibility index (Phi) is 3.22. The monoisotopic (exact) mass is 360 g/mol. The number of Topliss-reactive ketones (excluding diaryl/α,β-unsaturated/α-hetero) is 3. The first kappa shape index (κ1) is 10.5. The smallest absolute Gasteiger partial charge is 0.175 e. The van der Waals surface area contributed by atoms with E-state index < -0.39 is 31.8 Å². The Balaban J connectivity index is 2.99. The molecule has 3 nitrogen and oxygen atoms in total. The van der Waals surface area contributed by atoms with E-state index in [1.54, 1.807) is 0 Å². The van der Waals surface area contributed by atoms with Gasteiger partial charge in [0.05, 0.1) is 0 Å². The van der Waals surface area contributed by atoms with Crippen molar-refractivity contribution >= 4 is 65.1 Å². The summed E-state index contributed by atoms with van der Waals surface area (Å²) in [5.41, 5.74) is 0. The zero-order chi connectivity index (χ0) is 9.46. The normalized spacial score (nSPS) is 37.2. The van der Waals surface area contributed by atoms with Crippen LogP contribution in [0.15, 0.2) is 0 Å². The van der Waals surface area contributed by atoms with Gasteiger partial charge in [0.1, 0.15) is 14.5 Å². The third-order valence-corrected chi connectivity index (χ3v) is 4.21. The highest BCUT2D eigenvalue weighted by atomic mass is 79.9. The molecule has 1 rings (SSSR count). The summed E-state index contributed by atoms with van der Waals surface area (Å²) < 4.78 is 0. The summed E-state index contributed by atoms with van der Waals surface area (Å²) >= 11 is 8.75. The SMILES string of the molecule is O=C1C(Br)C(=O)C(Br)C(=O)C1Br. The molecule has 0 aromatic carbocycles. The molecule has 0 saturated heterocycles. The Labute approximate surface area is 93.6 Å². The maximum Gasteiger partial charge on any atom is 0.175 e. The van der Waals surface area contributed by atoms with Crippen molar-refractivity contribution in [3.63, 3.8) is 0 Å². The molecule has 0 unspecified atom stereocenters. The van der Waals surface area contributed by atoms with Crippen LogP contribution in [0, 0.1) is 0 Å². The van der Waals surface area contributed by atoms with Gasteiger partial charge in [-0.1, -0.05) is 47.8 Å².